The topological polar surface area (TPSA) is 169 Å². The van der Waals surface area contributed by atoms with E-state index in [1.54, 1.807) is 12.1 Å². The summed E-state index contributed by atoms with van der Waals surface area (Å²) < 4.78 is 19.2. The lowest BCUT2D eigenvalue weighted by molar-refractivity contribution is -0.121. The number of aromatic nitrogens is 3. The highest BCUT2D eigenvalue weighted by molar-refractivity contribution is 6.58. The van der Waals surface area contributed by atoms with Crippen LogP contribution < -0.4 is 20.8 Å². The van der Waals surface area contributed by atoms with Crippen LogP contribution in [0.15, 0.2) is 71.7 Å². The normalized spacial score (nSPS) is 13.5. The lowest BCUT2D eigenvalue weighted by Gasteiger charge is -2.15. The first-order chi connectivity index (χ1) is 23.7. The number of aliphatic imine (C=N–C) groups is 1. The number of benzene rings is 3. The summed E-state index contributed by atoms with van der Waals surface area (Å²) in [5.74, 6) is 1.46. The van der Waals surface area contributed by atoms with E-state index >= 15 is 0 Å². The zero-order chi connectivity index (χ0) is 34.8. The Bertz CT molecular complexity index is 1770. The summed E-state index contributed by atoms with van der Waals surface area (Å²) >= 11 is 6.20. The van der Waals surface area contributed by atoms with Crippen molar-refractivity contribution in [3.8, 4) is 11.4 Å². The summed E-state index contributed by atoms with van der Waals surface area (Å²) in [6.45, 7) is 6.20. The molecule has 4 aromatic rings. The Kier molecular flexibility index (Phi) is 12.5. The Hall–Kier alpha value is -4.60. The third-order valence-electron chi connectivity index (χ3n) is 7.64. The second-order valence-electron chi connectivity index (χ2n) is 11.1. The van der Waals surface area contributed by atoms with Crippen LogP contribution in [0.3, 0.4) is 0 Å². The molecule has 15 heteroatoms. The fourth-order valence-corrected chi connectivity index (χ4v) is 5.40. The van der Waals surface area contributed by atoms with Crippen LogP contribution in [0.1, 0.15) is 52.5 Å². The van der Waals surface area contributed by atoms with Crippen molar-refractivity contribution in [2.24, 2.45) is 4.99 Å². The molecule has 4 N–H and O–H groups in total. The minimum Gasteiger partial charge on any atom is -0.491 e. The van der Waals surface area contributed by atoms with Crippen molar-refractivity contribution in [2.45, 2.75) is 26.3 Å². The van der Waals surface area contributed by atoms with E-state index in [1.807, 2.05) is 48.7 Å². The van der Waals surface area contributed by atoms with Gasteiger partial charge < -0.3 is 34.9 Å². The van der Waals surface area contributed by atoms with Crippen molar-refractivity contribution >= 4 is 41.7 Å². The van der Waals surface area contributed by atoms with Gasteiger partial charge in [0.15, 0.2) is 5.82 Å². The SMILES string of the molecule is CCNC(=O)C[C@@H]1N=C(c2ccc(Cl)cc2)c2cc(OCCOCCOCCNC(=O)c3ccc(B(O)O)cc3)ccc2-n2c(C)nnc21. The van der Waals surface area contributed by atoms with Gasteiger partial charge in [-0.25, -0.2) is 0 Å². The van der Waals surface area contributed by atoms with Crippen molar-refractivity contribution in [3.63, 3.8) is 0 Å². The number of hydrogen-bond acceptors (Lipinski definition) is 10. The predicted molar refractivity (Wildman–Crippen MR) is 185 cm³/mol. The Morgan fingerprint density at radius 3 is 2.35 bits per heavy atom. The summed E-state index contributed by atoms with van der Waals surface area (Å²) in [6, 6.07) is 18.6. The van der Waals surface area contributed by atoms with Crippen LogP contribution in [-0.4, -0.2) is 95.6 Å². The van der Waals surface area contributed by atoms with Crippen LogP contribution >= 0.6 is 11.6 Å². The van der Waals surface area contributed by atoms with Crippen LogP contribution in [0.25, 0.3) is 5.69 Å². The average molecular weight is 689 g/mol. The molecule has 0 aliphatic carbocycles. The molecule has 0 bridgehead atoms. The molecule has 1 aliphatic rings. The summed E-state index contributed by atoms with van der Waals surface area (Å²) in [6.07, 6.45) is 0.114. The molecule has 2 amide bonds. The first-order valence-electron chi connectivity index (χ1n) is 15.9. The Morgan fingerprint density at radius 1 is 0.918 bits per heavy atom. The van der Waals surface area contributed by atoms with Crippen molar-refractivity contribution in [3.05, 3.63) is 100 Å². The highest BCUT2D eigenvalue weighted by atomic mass is 35.5. The van der Waals surface area contributed by atoms with Crippen LogP contribution in [-0.2, 0) is 14.3 Å². The maximum absolute atomic E-state index is 12.7. The van der Waals surface area contributed by atoms with E-state index in [-0.39, 0.29) is 18.2 Å². The number of rotatable bonds is 16. The van der Waals surface area contributed by atoms with Gasteiger partial charge in [-0.05, 0) is 61.8 Å². The molecule has 0 radical (unpaired) electrons. The third-order valence-corrected chi connectivity index (χ3v) is 7.89. The van der Waals surface area contributed by atoms with E-state index < -0.39 is 13.2 Å². The van der Waals surface area contributed by atoms with Gasteiger partial charge >= 0.3 is 7.12 Å². The molecule has 0 fully saturated rings. The van der Waals surface area contributed by atoms with E-state index in [1.165, 1.54) is 24.3 Å². The largest absolute Gasteiger partial charge is 0.491 e. The summed E-state index contributed by atoms with van der Waals surface area (Å²) in [4.78, 5) is 30.0. The van der Waals surface area contributed by atoms with E-state index in [0.717, 1.165) is 16.8 Å². The van der Waals surface area contributed by atoms with E-state index in [9.17, 15) is 9.59 Å². The maximum atomic E-state index is 12.7. The van der Waals surface area contributed by atoms with Gasteiger partial charge in [0.1, 0.15) is 24.2 Å². The van der Waals surface area contributed by atoms with Gasteiger partial charge in [0.25, 0.3) is 5.91 Å². The fourth-order valence-electron chi connectivity index (χ4n) is 5.27. The van der Waals surface area contributed by atoms with Gasteiger partial charge in [0.2, 0.25) is 5.91 Å². The van der Waals surface area contributed by atoms with Gasteiger partial charge in [-0.3, -0.25) is 19.1 Å². The van der Waals surface area contributed by atoms with Crippen LogP contribution in [0.2, 0.25) is 5.02 Å². The number of hydrogen-bond donors (Lipinski definition) is 4. The van der Waals surface area contributed by atoms with Crippen LogP contribution in [0.4, 0.5) is 0 Å². The second kappa shape index (κ2) is 17.2. The van der Waals surface area contributed by atoms with Gasteiger partial charge in [-0.2, -0.15) is 0 Å². The molecular weight excluding hydrogens is 651 g/mol. The first-order valence-corrected chi connectivity index (χ1v) is 16.3. The highest BCUT2D eigenvalue weighted by Gasteiger charge is 2.30. The lowest BCUT2D eigenvalue weighted by Crippen LogP contribution is -2.31. The number of nitrogens with one attached hydrogen (secondary N) is 2. The van der Waals surface area contributed by atoms with E-state index in [2.05, 4.69) is 20.8 Å². The number of amides is 2. The highest BCUT2D eigenvalue weighted by Crippen LogP contribution is 2.34. The number of carbonyl (C=O) groups excluding carboxylic acids is 2. The molecule has 1 aromatic heterocycles. The molecule has 49 heavy (non-hydrogen) atoms. The summed E-state index contributed by atoms with van der Waals surface area (Å²) in [5.41, 5.74) is 3.85. The zero-order valence-electron chi connectivity index (χ0n) is 27.3. The van der Waals surface area contributed by atoms with E-state index in [4.69, 9.17) is 40.9 Å². The Labute approximate surface area is 289 Å². The molecular formula is C34H38BClN6O7. The molecule has 13 nitrogen and oxygen atoms in total. The van der Waals surface area contributed by atoms with Crippen LogP contribution in [0.5, 0.6) is 5.75 Å². The van der Waals surface area contributed by atoms with Gasteiger partial charge in [0.05, 0.1) is 44.2 Å². The Morgan fingerprint density at radius 2 is 1.63 bits per heavy atom. The molecule has 3 aromatic carbocycles. The fraction of sp³-hybridized carbons (Fsp3) is 0.324. The van der Waals surface area contributed by atoms with Crippen molar-refractivity contribution in [1.29, 1.82) is 0 Å². The van der Waals surface area contributed by atoms with E-state index in [0.29, 0.717) is 85.3 Å². The lowest BCUT2D eigenvalue weighted by atomic mass is 9.80. The summed E-state index contributed by atoms with van der Waals surface area (Å²) in [5, 5.41) is 33.3. The summed E-state index contributed by atoms with van der Waals surface area (Å²) in [7, 11) is -1.58. The van der Waals surface area contributed by atoms with Crippen LogP contribution in [0, 0.1) is 6.92 Å². The van der Waals surface area contributed by atoms with Gasteiger partial charge in [0, 0.05) is 34.8 Å². The number of carbonyl (C=O) groups is 2. The number of nitrogens with zero attached hydrogens (tertiary/aromatic N) is 4. The molecule has 5 rings (SSSR count). The number of ether oxygens (including phenoxy) is 3. The molecule has 0 unspecified atom stereocenters. The van der Waals surface area contributed by atoms with Crippen molar-refractivity contribution in [2.75, 3.05) is 46.1 Å². The minimum absolute atomic E-state index is 0.114. The third kappa shape index (κ3) is 9.31. The minimum atomic E-state index is -1.58. The maximum Gasteiger partial charge on any atom is 0.488 e. The molecule has 0 saturated carbocycles. The number of fused-ring (bicyclic) bond motifs is 3. The van der Waals surface area contributed by atoms with Gasteiger partial charge in [-0.15, -0.1) is 10.2 Å². The standard InChI is InChI=1S/C34H38BClN6O7/c1-3-37-31(43)21-29-33-41-40-22(2)42(33)30-13-12-27(20-28(30)32(39-29)23-6-10-26(36)11-7-23)49-19-18-48-17-16-47-15-14-38-34(44)24-4-8-25(9-5-24)35(45)46/h4-13,20,29,45-46H,3,14-19,21H2,1-2H3,(H,37,43)(H,38,44)/t29-/m0/s1. The van der Waals surface area contributed by atoms with Crippen molar-refractivity contribution < 1.29 is 33.8 Å². The quantitative estimate of drug-likeness (QED) is 0.102. The first kappa shape index (κ1) is 35.7. The monoisotopic (exact) mass is 688 g/mol. The number of aryl methyl sites for hydroxylation is 1. The molecule has 1 atom stereocenters. The van der Waals surface area contributed by atoms with Gasteiger partial charge in [-0.1, -0.05) is 35.9 Å². The molecule has 0 spiro atoms. The molecule has 256 valence electrons. The molecule has 1 aliphatic heterocycles. The smallest absolute Gasteiger partial charge is 0.488 e. The zero-order valence-corrected chi connectivity index (χ0v) is 28.0. The van der Waals surface area contributed by atoms with Crippen molar-refractivity contribution in [1.82, 2.24) is 25.4 Å². The molecule has 2 heterocycles. The number of halogens is 1. The predicted octanol–water partition coefficient (Wildman–Crippen LogP) is 2.17. The average Bonchev–Trinajstić information content (AvgIpc) is 3.42. The second-order valence-corrected chi connectivity index (χ2v) is 11.5. The molecule has 0 saturated heterocycles. The Balaban J connectivity index is 1.15.